The maximum atomic E-state index is 14.1. The van der Waals surface area contributed by atoms with Crippen LogP contribution in [0.4, 0.5) is 13.2 Å². The van der Waals surface area contributed by atoms with Crippen LogP contribution in [-0.2, 0) is 0 Å². The number of nitrogens with one attached hydrogen (secondary N) is 1. The third-order valence-electron chi connectivity index (χ3n) is 2.98. The van der Waals surface area contributed by atoms with E-state index >= 15 is 0 Å². The molecule has 2 rings (SSSR count). The molecule has 100 valence electrons. The second-order valence-corrected chi connectivity index (χ2v) is 4.24. The van der Waals surface area contributed by atoms with Gasteiger partial charge in [0.1, 0.15) is 17.5 Å². The summed E-state index contributed by atoms with van der Waals surface area (Å²) in [6.45, 7) is 1.54. The van der Waals surface area contributed by atoms with Crippen molar-refractivity contribution in [3.63, 3.8) is 0 Å². The maximum Gasteiger partial charge on any atom is 0.134 e. The second-order valence-electron chi connectivity index (χ2n) is 4.24. The molecule has 0 saturated heterocycles. The summed E-state index contributed by atoms with van der Waals surface area (Å²) in [6.07, 6.45) is 0. The quantitative estimate of drug-likeness (QED) is 0.662. The Hall–Kier alpha value is -1.85. The van der Waals surface area contributed by atoms with Crippen molar-refractivity contribution in [2.45, 2.75) is 13.0 Å². The molecule has 0 radical (unpaired) electrons. The van der Waals surface area contributed by atoms with Gasteiger partial charge in [-0.2, -0.15) is 0 Å². The van der Waals surface area contributed by atoms with E-state index < -0.39 is 23.5 Å². The minimum absolute atomic E-state index is 0.172. The van der Waals surface area contributed by atoms with E-state index in [0.717, 1.165) is 0 Å². The van der Waals surface area contributed by atoms with Crippen LogP contribution in [0.25, 0.3) is 0 Å². The number of nitrogens with two attached hydrogens (primary N) is 1. The highest BCUT2D eigenvalue weighted by Gasteiger charge is 2.22. The molecule has 3 N–H and O–H groups in total. The first-order valence-electron chi connectivity index (χ1n) is 5.70. The molecular weight excluding hydrogens is 253 g/mol. The normalized spacial score (nSPS) is 12.5. The molecule has 0 spiro atoms. The lowest BCUT2D eigenvalue weighted by atomic mass is 9.96. The van der Waals surface area contributed by atoms with E-state index in [4.69, 9.17) is 5.84 Å². The molecule has 2 aromatic carbocycles. The van der Waals surface area contributed by atoms with Crippen LogP contribution >= 0.6 is 0 Å². The van der Waals surface area contributed by atoms with Gasteiger partial charge in [0.15, 0.2) is 0 Å². The molecule has 0 amide bonds. The van der Waals surface area contributed by atoms with Crippen LogP contribution in [-0.4, -0.2) is 0 Å². The predicted octanol–water partition coefficient (Wildman–Crippen LogP) is 2.97. The van der Waals surface area contributed by atoms with Gasteiger partial charge in [-0.1, -0.05) is 18.2 Å². The standard InChI is InChI=1S/C14H13F3N2/c1-8-2-7-11(16)12(13(8)17)14(19-18)9-3-5-10(15)6-4-9/h2-7,14,19H,18H2,1H3. The Labute approximate surface area is 109 Å². The fourth-order valence-corrected chi connectivity index (χ4v) is 1.94. The molecule has 0 aliphatic rings. The second kappa shape index (κ2) is 5.42. The lowest BCUT2D eigenvalue weighted by molar-refractivity contribution is 0.506. The van der Waals surface area contributed by atoms with Crippen LogP contribution in [0.15, 0.2) is 36.4 Å². The highest BCUT2D eigenvalue weighted by molar-refractivity contribution is 5.36. The number of benzene rings is 2. The number of hydrogen-bond acceptors (Lipinski definition) is 2. The molecule has 0 fully saturated rings. The van der Waals surface area contributed by atoms with Crippen molar-refractivity contribution in [3.8, 4) is 0 Å². The number of rotatable bonds is 3. The van der Waals surface area contributed by atoms with Crippen molar-refractivity contribution in [2.24, 2.45) is 5.84 Å². The lowest BCUT2D eigenvalue weighted by Gasteiger charge is -2.19. The largest absolute Gasteiger partial charge is 0.271 e. The number of aryl methyl sites for hydroxylation is 1. The Bertz CT molecular complexity index is 582. The molecule has 1 unspecified atom stereocenters. The van der Waals surface area contributed by atoms with Gasteiger partial charge in [-0.3, -0.25) is 5.84 Å². The van der Waals surface area contributed by atoms with Gasteiger partial charge in [-0.05, 0) is 36.2 Å². The fourth-order valence-electron chi connectivity index (χ4n) is 1.94. The molecule has 0 aromatic heterocycles. The maximum absolute atomic E-state index is 14.1. The zero-order valence-corrected chi connectivity index (χ0v) is 10.3. The first-order chi connectivity index (χ1) is 9.04. The monoisotopic (exact) mass is 266 g/mol. The molecule has 0 bridgehead atoms. The molecule has 1 atom stereocenters. The molecule has 0 heterocycles. The van der Waals surface area contributed by atoms with Crippen molar-refractivity contribution in [3.05, 3.63) is 70.5 Å². The van der Waals surface area contributed by atoms with E-state index in [1.54, 1.807) is 0 Å². The van der Waals surface area contributed by atoms with Gasteiger partial charge in [-0.15, -0.1) is 0 Å². The molecule has 0 saturated carbocycles. The summed E-state index contributed by atoms with van der Waals surface area (Å²) < 4.78 is 40.8. The Morgan fingerprint density at radius 2 is 1.63 bits per heavy atom. The van der Waals surface area contributed by atoms with Crippen LogP contribution in [0, 0.1) is 24.4 Å². The first-order valence-corrected chi connectivity index (χ1v) is 5.70. The zero-order chi connectivity index (χ0) is 14.0. The van der Waals surface area contributed by atoms with Gasteiger partial charge in [0.05, 0.1) is 6.04 Å². The smallest absolute Gasteiger partial charge is 0.134 e. The average molecular weight is 266 g/mol. The van der Waals surface area contributed by atoms with Gasteiger partial charge in [0.25, 0.3) is 0 Å². The topological polar surface area (TPSA) is 38.0 Å². The molecular formula is C14H13F3N2. The number of hydrogen-bond donors (Lipinski definition) is 2. The van der Waals surface area contributed by atoms with E-state index in [9.17, 15) is 13.2 Å². The summed E-state index contributed by atoms with van der Waals surface area (Å²) in [5, 5.41) is 0. The highest BCUT2D eigenvalue weighted by Crippen LogP contribution is 2.28. The van der Waals surface area contributed by atoms with Crippen LogP contribution < -0.4 is 11.3 Å². The number of hydrazine groups is 1. The average Bonchev–Trinajstić information content (AvgIpc) is 2.40. The summed E-state index contributed by atoms with van der Waals surface area (Å²) in [7, 11) is 0. The van der Waals surface area contributed by atoms with Crippen molar-refractivity contribution >= 4 is 0 Å². The molecule has 5 heteroatoms. The Balaban J connectivity index is 2.54. The van der Waals surface area contributed by atoms with Gasteiger partial charge in [0, 0.05) is 5.56 Å². The Kier molecular flexibility index (Phi) is 3.87. The van der Waals surface area contributed by atoms with E-state index in [1.807, 2.05) is 0 Å². The van der Waals surface area contributed by atoms with Crippen molar-refractivity contribution < 1.29 is 13.2 Å². The molecule has 0 aliphatic carbocycles. The van der Waals surface area contributed by atoms with Crippen LogP contribution in [0.5, 0.6) is 0 Å². The summed E-state index contributed by atoms with van der Waals surface area (Å²) in [5.41, 5.74) is 2.99. The predicted molar refractivity (Wildman–Crippen MR) is 66.7 cm³/mol. The van der Waals surface area contributed by atoms with E-state index in [2.05, 4.69) is 5.43 Å². The third kappa shape index (κ3) is 2.62. The van der Waals surface area contributed by atoms with Crippen LogP contribution in [0.1, 0.15) is 22.7 Å². The number of halogens is 3. The van der Waals surface area contributed by atoms with Crippen molar-refractivity contribution in [1.29, 1.82) is 0 Å². The zero-order valence-electron chi connectivity index (χ0n) is 10.3. The van der Waals surface area contributed by atoms with E-state index in [-0.39, 0.29) is 5.56 Å². The molecule has 0 aliphatic heterocycles. The summed E-state index contributed by atoms with van der Waals surface area (Å²) in [4.78, 5) is 0. The first kappa shape index (κ1) is 13.6. The molecule has 19 heavy (non-hydrogen) atoms. The lowest BCUT2D eigenvalue weighted by Crippen LogP contribution is -2.30. The molecule has 2 nitrogen and oxygen atoms in total. The Morgan fingerprint density at radius 3 is 2.21 bits per heavy atom. The molecule has 2 aromatic rings. The minimum Gasteiger partial charge on any atom is -0.271 e. The van der Waals surface area contributed by atoms with Gasteiger partial charge in [0.2, 0.25) is 0 Å². The van der Waals surface area contributed by atoms with Gasteiger partial charge < -0.3 is 0 Å². The summed E-state index contributed by atoms with van der Waals surface area (Å²) in [6, 6.07) is 6.95. The summed E-state index contributed by atoms with van der Waals surface area (Å²) >= 11 is 0. The van der Waals surface area contributed by atoms with E-state index in [0.29, 0.717) is 11.1 Å². The van der Waals surface area contributed by atoms with Gasteiger partial charge in [-0.25, -0.2) is 18.6 Å². The third-order valence-corrected chi connectivity index (χ3v) is 2.98. The Morgan fingerprint density at radius 1 is 1.00 bits per heavy atom. The van der Waals surface area contributed by atoms with E-state index in [1.165, 1.54) is 43.3 Å². The van der Waals surface area contributed by atoms with Gasteiger partial charge >= 0.3 is 0 Å². The fraction of sp³-hybridized carbons (Fsp3) is 0.143. The van der Waals surface area contributed by atoms with Crippen molar-refractivity contribution in [2.75, 3.05) is 0 Å². The SMILES string of the molecule is Cc1ccc(F)c(C(NN)c2ccc(F)cc2)c1F. The summed E-state index contributed by atoms with van der Waals surface area (Å²) in [5.74, 6) is 3.60. The highest BCUT2D eigenvalue weighted by atomic mass is 19.1. The van der Waals surface area contributed by atoms with Crippen LogP contribution in [0.2, 0.25) is 0 Å². The van der Waals surface area contributed by atoms with Crippen LogP contribution in [0.3, 0.4) is 0 Å². The van der Waals surface area contributed by atoms with Crippen molar-refractivity contribution in [1.82, 2.24) is 5.43 Å². The minimum atomic E-state index is -0.875.